The molecule has 0 unspecified atom stereocenters. The maximum Gasteiger partial charge on any atom is 0.0231 e. The molecule has 20 heavy (non-hydrogen) atoms. The molecule has 0 fully saturated rings. The molecule has 0 atom stereocenters. The summed E-state index contributed by atoms with van der Waals surface area (Å²) in [4.78, 5) is 2.35. The molecule has 1 aromatic carbocycles. The Morgan fingerprint density at radius 1 is 1.20 bits per heavy atom. The van der Waals surface area contributed by atoms with E-state index >= 15 is 0 Å². The zero-order valence-corrected chi connectivity index (χ0v) is 14.2. The number of benzene rings is 1. The number of hydrogen-bond acceptors (Lipinski definition) is 3. The highest BCUT2D eigenvalue weighted by Gasteiger charge is 2.00. The van der Waals surface area contributed by atoms with Gasteiger partial charge in [-0.25, -0.2) is 0 Å². The van der Waals surface area contributed by atoms with Gasteiger partial charge in [0.15, 0.2) is 0 Å². The Labute approximate surface area is 133 Å². The Kier molecular flexibility index (Phi) is 6.73. The predicted molar refractivity (Wildman–Crippen MR) is 91.4 cm³/mol. The summed E-state index contributed by atoms with van der Waals surface area (Å²) in [6.07, 6.45) is 1.12. The molecule has 0 saturated heterocycles. The van der Waals surface area contributed by atoms with E-state index in [-0.39, 0.29) is 0 Å². The smallest absolute Gasteiger partial charge is 0.0231 e. The molecule has 1 heterocycles. The van der Waals surface area contributed by atoms with Crippen molar-refractivity contribution in [3.05, 3.63) is 56.7 Å². The zero-order valence-electron chi connectivity index (χ0n) is 11.8. The third-order valence-corrected chi connectivity index (χ3v) is 4.41. The highest BCUT2D eigenvalue weighted by atomic mass is 79.9. The summed E-state index contributed by atoms with van der Waals surface area (Å²) in [6.45, 7) is 4.15. The molecule has 0 bridgehead atoms. The van der Waals surface area contributed by atoms with E-state index in [4.69, 9.17) is 0 Å². The van der Waals surface area contributed by atoms with Gasteiger partial charge in [-0.2, -0.15) is 11.3 Å². The van der Waals surface area contributed by atoms with E-state index in [2.05, 4.69) is 74.3 Å². The van der Waals surface area contributed by atoms with Crippen molar-refractivity contribution in [2.45, 2.75) is 13.0 Å². The van der Waals surface area contributed by atoms with E-state index in [9.17, 15) is 0 Å². The topological polar surface area (TPSA) is 15.3 Å². The normalized spacial score (nSPS) is 11.2. The molecule has 2 nitrogen and oxygen atoms in total. The molecule has 1 aromatic heterocycles. The summed E-state index contributed by atoms with van der Waals surface area (Å²) >= 11 is 5.28. The second-order valence-electron chi connectivity index (χ2n) is 5.00. The van der Waals surface area contributed by atoms with Crippen molar-refractivity contribution in [2.24, 2.45) is 0 Å². The highest BCUT2D eigenvalue weighted by molar-refractivity contribution is 9.10. The summed E-state index contributed by atoms with van der Waals surface area (Å²) in [6, 6.07) is 10.7. The first kappa shape index (κ1) is 15.7. The number of nitrogens with one attached hydrogen (secondary N) is 1. The van der Waals surface area contributed by atoms with E-state index in [1.54, 1.807) is 11.3 Å². The van der Waals surface area contributed by atoms with Gasteiger partial charge in [-0.15, -0.1) is 0 Å². The molecule has 0 aliphatic rings. The van der Waals surface area contributed by atoms with Crippen molar-refractivity contribution >= 4 is 27.3 Å². The number of rotatable bonds is 8. The van der Waals surface area contributed by atoms with E-state index in [1.165, 1.54) is 11.1 Å². The first-order valence-electron chi connectivity index (χ1n) is 6.89. The van der Waals surface area contributed by atoms with Crippen LogP contribution in [-0.4, -0.2) is 31.6 Å². The number of hydrogen-bond donors (Lipinski definition) is 1. The van der Waals surface area contributed by atoms with Crippen LogP contribution >= 0.6 is 27.3 Å². The minimum Gasteiger partial charge on any atom is -0.315 e. The van der Waals surface area contributed by atoms with Crippen LogP contribution in [0, 0.1) is 0 Å². The van der Waals surface area contributed by atoms with Crippen LogP contribution in [-0.2, 0) is 13.0 Å². The van der Waals surface area contributed by atoms with Crippen molar-refractivity contribution in [3.8, 4) is 0 Å². The van der Waals surface area contributed by atoms with Gasteiger partial charge in [0.25, 0.3) is 0 Å². The highest BCUT2D eigenvalue weighted by Crippen LogP contribution is 2.12. The average molecular weight is 353 g/mol. The summed E-state index contributed by atoms with van der Waals surface area (Å²) in [5.41, 5.74) is 2.78. The van der Waals surface area contributed by atoms with Crippen LogP contribution in [0.2, 0.25) is 0 Å². The Morgan fingerprint density at radius 3 is 2.85 bits per heavy atom. The Balaban J connectivity index is 1.59. The molecule has 0 amide bonds. The number of likely N-dealkylation sites (N-methyl/N-ethyl adjacent to an activating group) is 1. The second kappa shape index (κ2) is 8.57. The minimum absolute atomic E-state index is 0.992. The van der Waals surface area contributed by atoms with Gasteiger partial charge < -0.3 is 10.2 Å². The molecule has 2 rings (SSSR count). The molecular weight excluding hydrogens is 332 g/mol. The Morgan fingerprint density at radius 2 is 2.10 bits per heavy atom. The van der Waals surface area contributed by atoms with Gasteiger partial charge in [-0.1, -0.05) is 28.1 Å². The summed E-state index contributed by atoms with van der Waals surface area (Å²) < 4.78 is 1.15. The predicted octanol–water partition coefficient (Wildman–Crippen LogP) is 3.77. The first-order chi connectivity index (χ1) is 9.74. The van der Waals surface area contributed by atoms with Crippen LogP contribution in [0.3, 0.4) is 0 Å². The van der Waals surface area contributed by atoms with Crippen molar-refractivity contribution in [1.82, 2.24) is 10.2 Å². The van der Waals surface area contributed by atoms with Gasteiger partial charge >= 0.3 is 0 Å². The number of nitrogens with zero attached hydrogens (tertiary/aromatic N) is 1. The van der Waals surface area contributed by atoms with Gasteiger partial charge in [-0.3, -0.25) is 0 Å². The number of halogens is 1. The summed E-state index contributed by atoms with van der Waals surface area (Å²) in [5, 5.41) is 7.87. The van der Waals surface area contributed by atoms with Gasteiger partial charge in [0.05, 0.1) is 0 Å². The molecular formula is C16H21BrN2S. The van der Waals surface area contributed by atoms with Crippen LogP contribution in [0.15, 0.2) is 45.6 Å². The van der Waals surface area contributed by atoms with Gasteiger partial charge in [-0.05, 0) is 60.1 Å². The lowest BCUT2D eigenvalue weighted by Gasteiger charge is -2.17. The third kappa shape index (κ3) is 5.75. The molecule has 4 heteroatoms. The van der Waals surface area contributed by atoms with E-state index in [0.29, 0.717) is 0 Å². The van der Waals surface area contributed by atoms with Crippen molar-refractivity contribution in [2.75, 3.05) is 26.7 Å². The van der Waals surface area contributed by atoms with Crippen LogP contribution in [0.1, 0.15) is 11.1 Å². The standard InChI is InChI=1S/C16H21BrN2S/c1-19(12-15-3-2-4-16(17)11-15)9-8-18-7-5-14-6-10-20-13-14/h2-4,6,10-11,13,18H,5,7-9,12H2,1H3. The van der Waals surface area contributed by atoms with Crippen molar-refractivity contribution < 1.29 is 0 Å². The summed E-state index contributed by atoms with van der Waals surface area (Å²) in [5.74, 6) is 0. The molecule has 1 N–H and O–H groups in total. The molecule has 0 aliphatic carbocycles. The Bertz CT molecular complexity index is 499. The van der Waals surface area contributed by atoms with E-state index in [1.807, 2.05) is 0 Å². The maximum atomic E-state index is 3.51. The van der Waals surface area contributed by atoms with Crippen molar-refractivity contribution in [1.29, 1.82) is 0 Å². The second-order valence-corrected chi connectivity index (χ2v) is 6.70. The third-order valence-electron chi connectivity index (χ3n) is 3.18. The van der Waals surface area contributed by atoms with Crippen molar-refractivity contribution in [3.63, 3.8) is 0 Å². The van der Waals surface area contributed by atoms with E-state index in [0.717, 1.165) is 37.1 Å². The molecule has 2 aromatic rings. The SMILES string of the molecule is CN(CCNCCc1ccsc1)Cc1cccc(Br)c1. The number of thiophene rings is 1. The molecule has 0 saturated carbocycles. The quantitative estimate of drug-likeness (QED) is 0.727. The largest absolute Gasteiger partial charge is 0.315 e. The molecule has 0 spiro atoms. The lowest BCUT2D eigenvalue weighted by molar-refractivity contribution is 0.325. The van der Waals surface area contributed by atoms with E-state index < -0.39 is 0 Å². The fourth-order valence-corrected chi connectivity index (χ4v) is 3.24. The van der Waals surface area contributed by atoms with Gasteiger partial charge in [0.2, 0.25) is 0 Å². The van der Waals surface area contributed by atoms with Crippen LogP contribution in [0.25, 0.3) is 0 Å². The van der Waals surface area contributed by atoms with Crippen LogP contribution in [0.5, 0.6) is 0 Å². The molecule has 0 radical (unpaired) electrons. The lowest BCUT2D eigenvalue weighted by Crippen LogP contribution is -2.30. The summed E-state index contributed by atoms with van der Waals surface area (Å²) in [7, 11) is 2.17. The monoisotopic (exact) mass is 352 g/mol. The van der Waals surface area contributed by atoms with Crippen LogP contribution < -0.4 is 5.32 Å². The molecule has 0 aliphatic heterocycles. The Hall–Kier alpha value is -0.680. The fourth-order valence-electron chi connectivity index (χ4n) is 2.09. The maximum absolute atomic E-state index is 3.51. The molecule has 108 valence electrons. The van der Waals surface area contributed by atoms with Gasteiger partial charge in [0.1, 0.15) is 0 Å². The van der Waals surface area contributed by atoms with Gasteiger partial charge in [0, 0.05) is 24.1 Å². The van der Waals surface area contributed by atoms with Crippen LogP contribution in [0.4, 0.5) is 0 Å². The minimum atomic E-state index is 0.992. The first-order valence-corrected chi connectivity index (χ1v) is 8.62. The average Bonchev–Trinajstić information content (AvgIpc) is 2.91. The lowest BCUT2D eigenvalue weighted by atomic mass is 10.2. The fraction of sp³-hybridized carbons (Fsp3) is 0.375. The zero-order chi connectivity index (χ0) is 14.2.